The molecule has 0 saturated carbocycles. The van der Waals surface area contributed by atoms with E-state index >= 15 is 0 Å². The summed E-state index contributed by atoms with van der Waals surface area (Å²) in [7, 11) is 0. The Morgan fingerprint density at radius 2 is 2.14 bits per heavy atom. The molecule has 4 heteroatoms. The Morgan fingerprint density at radius 1 is 1.27 bits per heavy atom. The molecule has 1 aromatic carbocycles. The van der Waals surface area contributed by atoms with E-state index in [0.717, 1.165) is 17.8 Å². The van der Waals surface area contributed by atoms with Crippen LogP contribution in [-0.2, 0) is 13.0 Å². The average molecular weight is 293 g/mol. The molecule has 2 aromatic heterocycles. The van der Waals surface area contributed by atoms with Gasteiger partial charge in [-0.1, -0.05) is 30.3 Å². The number of aliphatic hydroxyl groups is 1. The molecule has 0 bridgehead atoms. The zero-order chi connectivity index (χ0) is 15.1. The summed E-state index contributed by atoms with van der Waals surface area (Å²) in [4.78, 5) is 4.49. The number of aromatic nitrogens is 2. The van der Waals surface area contributed by atoms with Crippen LogP contribution in [0, 0.1) is 6.92 Å². The molecule has 0 amide bonds. The van der Waals surface area contributed by atoms with Gasteiger partial charge < -0.3 is 14.8 Å². The summed E-state index contributed by atoms with van der Waals surface area (Å²) in [6.45, 7) is 2.75. The van der Waals surface area contributed by atoms with Crippen molar-refractivity contribution in [1.29, 1.82) is 0 Å². The Kier molecular flexibility index (Phi) is 3.21. The van der Waals surface area contributed by atoms with Crippen LogP contribution in [0.2, 0.25) is 0 Å². The molecular formula is C18H19N3O. The van der Waals surface area contributed by atoms with Crippen LogP contribution in [0.25, 0.3) is 5.65 Å². The molecule has 4 nitrogen and oxygen atoms in total. The lowest BCUT2D eigenvalue weighted by molar-refractivity contribution is 0.140. The molecule has 0 radical (unpaired) electrons. The van der Waals surface area contributed by atoms with Crippen molar-refractivity contribution in [1.82, 2.24) is 14.7 Å². The monoisotopic (exact) mass is 293 g/mol. The summed E-state index contributed by atoms with van der Waals surface area (Å²) in [6, 6.07) is 12.3. The SMILES string of the molecule is Cc1cccn2c(CN[C@@H]3c4ccccc4C[C@@H]3O)cnc12. The first kappa shape index (κ1) is 13.5. The summed E-state index contributed by atoms with van der Waals surface area (Å²) in [6.07, 6.45) is 4.30. The first-order valence-electron chi connectivity index (χ1n) is 7.65. The van der Waals surface area contributed by atoms with Crippen LogP contribution >= 0.6 is 0 Å². The van der Waals surface area contributed by atoms with Gasteiger partial charge in [-0.15, -0.1) is 0 Å². The second kappa shape index (κ2) is 5.23. The largest absolute Gasteiger partial charge is 0.391 e. The molecule has 1 aliphatic rings. The fourth-order valence-corrected chi connectivity index (χ4v) is 3.37. The summed E-state index contributed by atoms with van der Waals surface area (Å²) in [5.74, 6) is 0. The molecule has 22 heavy (non-hydrogen) atoms. The summed E-state index contributed by atoms with van der Waals surface area (Å²) >= 11 is 0. The minimum Gasteiger partial charge on any atom is -0.391 e. The number of aliphatic hydroxyl groups excluding tert-OH is 1. The Hall–Kier alpha value is -2.17. The van der Waals surface area contributed by atoms with Crippen LogP contribution in [0.3, 0.4) is 0 Å². The second-order valence-electron chi connectivity index (χ2n) is 5.96. The normalized spacial score (nSPS) is 20.5. The highest BCUT2D eigenvalue weighted by Crippen LogP contribution is 2.31. The van der Waals surface area contributed by atoms with Gasteiger partial charge in [0.05, 0.1) is 24.0 Å². The number of pyridine rings is 1. The highest BCUT2D eigenvalue weighted by molar-refractivity contribution is 5.48. The number of imidazole rings is 1. The fraction of sp³-hybridized carbons (Fsp3) is 0.278. The molecule has 112 valence electrons. The first-order chi connectivity index (χ1) is 10.7. The van der Waals surface area contributed by atoms with Crippen molar-refractivity contribution in [2.45, 2.75) is 32.0 Å². The third kappa shape index (κ3) is 2.12. The topological polar surface area (TPSA) is 49.6 Å². The summed E-state index contributed by atoms with van der Waals surface area (Å²) in [5, 5.41) is 13.8. The van der Waals surface area contributed by atoms with Crippen LogP contribution in [-0.4, -0.2) is 20.6 Å². The smallest absolute Gasteiger partial charge is 0.139 e. The number of rotatable bonds is 3. The fourth-order valence-electron chi connectivity index (χ4n) is 3.37. The van der Waals surface area contributed by atoms with E-state index < -0.39 is 0 Å². The highest BCUT2D eigenvalue weighted by Gasteiger charge is 2.30. The molecule has 0 saturated heterocycles. The van der Waals surface area contributed by atoms with E-state index in [-0.39, 0.29) is 12.1 Å². The molecule has 3 aromatic rings. The van der Waals surface area contributed by atoms with Crippen molar-refractivity contribution < 1.29 is 5.11 Å². The molecule has 1 aliphatic carbocycles. The number of nitrogens with zero attached hydrogens (tertiary/aromatic N) is 2. The molecule has 0 aliphatic heterocycles. The van der Waals surface area contributed by atoms with Crippen LogP contribution in [0.5, 0.6) is 0 Å². The van der Waals surface area contributed by atoms with Crippen LogP contribution in [0.15, 0.2) is 48.8 Å². The van der Waals surface area contributed by atoms with E-state index in [1.165, 1.54) is 16.7 Å². The molecule has 0 unspecified atom stereocenters. The third-order valence-corrected chi connectivity index (χ3v) is 4.51. The van der Waals surface area contributed by atoms with Gasteiger partial charge in [-0.25, -0.2) is 4.98 Å². The second-order valence-corrected chi connectivity index (χ2v) is 5.96. The standard InChI is InChI=1S/C18H19N3O/c1-12-5-4-8-21-14(11-20-18(12)21)10-19-17-15-7-3-2-6-13(15)9-16(17)22/h2-8,11,16-17,19,22H,9-10H2,1H3/t16-,17+/m0/s1. The van der Waals surface area contributed by atoms with E-state index in [2.05, 4.69) is 39.8 Å². The van der Waals surface area contributed by atoms with Gasteiger partial charge in [0.15, 0.2) is 0 Å². The Balaban J connectivity index is 1.59. The molecule has 0 fully saturated rings. The zero-order valence-corrected chi connectivity index (χ0v) is 12.5. The van der Waals surface area contributed by atoms with E-state index in [0.29, 0.717) is 6.54 Å². The Morgan fingerprint density at radius 3 is 3.05 bits per heavy atom. The number of aryl methyl sites for hydroxylation is 1. The van der Waals surface area contributed by atoms with E-state index in [1.807, 2.05) is 30.6 Å². The number of nitrogens with one attached hydrogen (secondary N) is 1. The van der Waals surface area contributed by atoms with Gasteiger partial charge in [0.1, 0.15) is 5.65 Å². The molecule has 2 heterocycles. The number of benzene rings is 1. The third-order valence-electron chi connectivity index (χ3n) is 4.51. The maximum atomic E-state index is 10.3. The molecule has 2 N–H and O–H groups in total. The highest BCUT2D eigenvalue weighted by atomic mass is 16.3. The predicted octanol–water partition coefficient (Wildman–Crippen LogP) is 2.39. The minimum atomic E-state index is -0.363. The minimum absolute atomic E-state index is 0.00782. The lowest BCUT2D eigenvalue weighted by Crippen LogP contribution is -2.28. The molecular weight excluding hydrogens is 274 g/mol. The van der Waals surface area contributed by atoms with E-state index in [4.69, 9.17) is 0 Å². The van der Waals surface area contributed by atoms with Gasteiger partial charge in [0.25, 0.3) is 0 Å². The number of hydrogen-bond donors (Lipinski definition) is 2. The number of fused-ring (bicyclic) bond motifs is 2. The van der Waals surface area contributed by atoms with Crippen LogP contribution in [0.4, 0.5) is 0 Å². The van der Waals surface area contributed by atoms with Gasteiger partial charge in [-0.2, -0.15) is 0 Å². The van der Waals surface area contributed by atoms with Crippen molar-refractivity contribution >= 4 is 5.65 Å². The first-order valence-corrected chi connectivity index (χ1v) is 7.65. The Labute approximate surface area is 129 Å². The van der Waals surface area contributed by atoms with Crippen molar-refractivity contribution in [3.05, 3.63) is 71.2 Å². The van der Waals surface area contributed by atoms with Crippen LogP contribution < -0.4 is 5.32 Å². The quantitative estimate of drug-likeness (QED) is 0.779. The number of hydrogen-bond acceptors (Lipinski definition) is 3. The van der Waals surface area contributed by atoms with Gasteiger partial charge in [-0.05, 0) is 29.7 Å². The van der Waals surface area contributed by atoms with Gasteiger partial charge >= 0.3 is 0 Å². The lowest BCUT2D eigenvalue weighted by Gasteiger charge is -2.17. The van der Waals surface area contributed by atoms with Gasteiger partial charge in [0.2, 0.25) is 0 Å². The molecule has 2 atom stereocenters. The van der Waals surface area contributed by atoms with Crippen molar-refractivity contribution in [2.24, 2.45) is 0 Å². The van der Waals surface area contributed by atoms with Crippen molar-refractivity contribution in [3.8, 4) is 0 Å². The summed E-state index contributed by atoms with van der Waals surface area (Å²) < 4.78 is 2.11. The van der Waals surface area contributed by atoms with Gasteiger partial charge in [0, 0.05) is 19.2 Å². The maximum Gasteiger partial charge on any atom is 0.139 e. The summed E-state index contributed by atoms with van der Waals surface area (Å²) in [5.41, 5.74) is 5.71. The molecule has 0 spiro atoms. The maximum absolute atomic E-state index is 10.3. The van der Waals surface area contributed by atoms with E-state index in [1.54, 1.807) is 0 Å². The zero-order valence-electron chi connectivity index (χ0n) is 12.5. The average Bonchev–Trinajstić information content (AvgIpc) is 3.07. The van der Waals surface area contributed by atoms with Gasteiger partial charge in [-0.3, -0.25) is 0 Å². The molecule has 4 rings (SSSR count). The van der Waals surface area contributed by atoms with Crippen molar-refractivity contribution in [2.75, 3.05) is 0 Å². The Bertz CT molecular complexity index is 824. The van der Waals surface area contributed by atoms with Crippen molar-refractivity contribution in [3.63, 3.8) is 0 Å². The van der Waals surface area contributed by atoms with Crippen LogP contribution in [0.1, 0.15) is 28.4 Å². The van der Waals surface area contributed by atoms with E-state index in [9.17, 15) is 5.11 Å². The predicted molar refractivity (Wildman–Crippen MR) is 85.7 cm³/mol. The lowest BCUT2D eigenvalue weighted by atomic mass is 10.1.